The van der Waals surface area contributed by atoms with E-state index in [1.54, 1.807) is 0 Å². The molecule has 0 radical (unpaired) electrons. The molecule has 1 saturated heterocycles. The van der Waals surface area contributed by atoms with Gasteiger partial charge in [0.15, 0.2) is 4.90 Å². The highest BCUT2D eigenvalue weighted by atomic mass is 32.2. The molecular weight excluding hydrogens is 216 g/mol. The van der Waals surface area contributed by atoms with E-state index in [9.17, 15) is 0 Å². The third-order valence-electron chi connectivity index (χ3n) is 3.00. The summed E-state index contributed by atoms with van der Waals surface area (Å²) < 4.78 is 5.42. The normalized spacial score (nSPS) is 17.8. The summed E-state index contributed by atoms with van der Waals surface area (Å²) in [7, 11) is 0.411. The Hall–Kier alpha value is -0.990. The Kier molecular flexibility index (Phi) is 2.85. The molecule has 1 heterocycles. The van der Waals surface area contributed by atoms with Crippen molar-refractivity contribution in [3.8, 4) is 0 Å². The number of hydrogen-bond acceptors (Lipinski definition) is 1. The van der Waals surface area contributed by atoms with Crippen molar-refractivity contribution in [2.24, 2.45) is 0 Å². The van der Waals surface area contributed by atoms with Gasteiger partial charge in [-0.1, -0.05) is 24.3 Å². The first kappa shape index (κ1) is 10.2. The maximum atomic E-state index is 5.42. The molecule has 1 aliphatic rings. The SMILES string of the molecule is c1ccc2cc([S+]3CCOCC3)ccc2c1. The topological polar surface area (TPSA) is 9.23 Å². The van der Waals surface area contributed by atoms with Crippen molar-refractivity contribution in [1.82, 2.24) is 0 Å². The van der Waals surface area contributed by atoms with Crippen LogP contribution in [0.4, 0.5) is 0 Å². The van der Waals surface area contributed by atoms with Crippen molar-refractivity contribution in [3.05, 3.63) is 42.5 Å². The molecule has 3 rings (SSSR count). The maximum absolute atomic E-state index is 5.42. The minimum Gasteiger partial charge on any atom is -0.372 e. The van der Waals surface area contributed by atoms with Gasteiger partial charge in [-0.15, -0.1) is 0 Å². The minimum atomic E-state index is 0.411. The molecule has 2 aromatic carbocycles. The molecular formula is C14H15OS+. The second-order valence-electron chi connectivity index (χ2n) is 4.02. The van der Waals surface area contributed by atoms with Crippen LogP contribution in [0.25, 0.3) is 10.8 Å². The first-order valence-corrected chi connectivity index (χ1v) is 7.24. The van der Waals surface area contributed by atoms with Crippen molar-refractivity contribution in [2.75, 3.05) is 24.7 Å². The van der Waals surface area contributed by atoms with Crippen molar-refractivity contribution >= 4 is 21.7 Å². The van der Waals surface area contributed by atoms with E-state index in [-0.39, 0.29) is 0 Å². The summed E-state index contributed by atoms with van der Waals surface area (Å²) in [5.41, 5.74) is 0. The molecule has 1 aliphatic heterocycles. The summed E-state index contributed by atoms with van der Waals surface area (Å²) in [6, 6.07) is 15.5. The van der Waals surface area contributed by atoms with Crippen LogP contribution in [0.3, 0.4) is 0 Å². The fourth-order valence-corrected chi connectivity index (χ4v) is 3.97. The molecule has 0 N–H and O–H groups in total. The maximum Gasteiger partial charge on any atom is 0.155 e. The van der Waals surface area contributed by atoms with Crippen molar-refractivity contribution in [3.63, 3.8) is 0 Å². The van der Waals surface area contributed by atoms with Crippen LogP contribution in [0.2, 0.25) is 0 Å². The summed E-state index contributed by atoms with van der Waals surface area (Å²) in [5.74, 6) is 2.39. The lowest BCUT2D eigenvalue weighted by atomic mass is 10.1. The molecule has 0 aromatic heterocycles. The standard InChI is InChI=1S/C14H15OS/c1-2-4-13-11-14(6-5-12(13)3-1)16-9-7-15-8-10-16/h1-6,11H,7-10H2/q+1. The van der Waals surface area contributed by atoms with Gasteiger partial charge in [0.2, 0.25) is 0 Å². The van der Waals surface area contributed by atoms with E-state index in [1.807, 2.05) is 0 Å². The van der Waals surface area contributed by atoms with Gasteiger partial charge in [-0.2, -0.15) is 0 Å². The third kappa shape index (κ3) is 1.95. The molecule has 0 bridgehead atoms. The van der Waals surface area contributed by atoms with Crippen LogP contribution in [-0.4, -0.2) is 24.7 Å². The number of benzene rings is 2. The number of hydrogen-bond donors (Lipinski definition) is 0. The molecule has 2 aromatic rings. The van der Waals surface area contributed by atoms with Crippen molar-refractivity contribution in [1.29, 1.82) is 0 Å². The molecule has 1 nitrogen and oxygen atoms in total. The largest absolute Gasteiger partial charge is 0.372 e. The zero-order chi connectivity index (χ0) is 10.8. The summed E-state index contributed by atoms with van der Waals surface area (Å²) >= 11 is 0. The van der Waals surface area contributed by atoms with E-state index in [0.29, 0.717) is 10.9 Å². The molecule has 0 atom stereocenters. The van der Waals surface area contributed by atoms with Gasteiger partial charge in [0.25, 0.3) is 0 Å². The molecule has 16 heavy (non-hydrogen) atoms. The molecule has 0 amide bonds. The van der Waals surface area contributed by atoms with Crippen LogP contribution < -0.4 is 0 Å². The first-order valence-electron chi connectivity index (χ1n) is 5.67. The Bertz CT molecular complexity index is 489. The van der Waals surface area contributed by atoms with E-state index in [1.165, 1.54) is 27.2 Å². The zero-order valence-corrected chi connectivity index (χ0v) is 10.0. The van der Waals surface area contributed by atoms with Crippen molar-refractivity contribution in [2.45, 2.75) is 4.90 Å². The highest BCUT2D eigenvalue weighted by molar-refractivity contribution is 7.97. The monoisotopic (exact) mass is 231 g/mol. The fraction of sp³-hybridized carbons (Fsp3) is 0.286. The summed E-state index contributed by atoms with van der Waals surface area (Å²) in [6.07, 6.45) is 0. The molecule has 0 unspecified atom stereocenters. The summed E-state index contributed by atoms with van der Waals surface area (Å²) in [4.78, 5) is 1.50. The Morgan fingerprint density at radius 2 is 1.62 bits per heavy atom. The number of ether oxygens (including phenoxy) is 1. The van der Waals surface area contributed by atoms with Crippen LogP contribution in [0.1, 0.15) is 0 Å². The average molecular weight is 231 g/mol. The molecule has 0 aliphatic carbocycles. The second-order valence-corrected chi connectivity index (χ2v) is 6.30. The Balaban J connectivity index is 1.97. The molecule has 0 saturated carbocycles. The lowest BCUT2D eigenvalue weighted by Gasteiger charge is -2.14. The minimum absolute atomic E-state index is 0.411. The fourth-order valence-electron chi connectivity index (χ4n) is 2.11. The first-order chi connectivity index (χ1) is 7.93. The molecule has 0 spiro atoms. The number of fused-ring (bicyclic) bond motifs is 1. The Morgan fingerprint density at radius 1 is 0.875 bits per heavy atom. The second kappa shape index (κ2) is 4.48. The van der Waals surface area contributed by atoms with E-state index < -0.39 is 0 Å². The van der Waals surface area contributed by atoms with Gasteiger partial charge < -0.3 is 4.74 Å². The van der Waals surface area contributed by atoms with E-state index in [2.05, 4.69) is 42.5 Å². The average Bonchev–Trinajstić information content (AvgIpc) is 2.39. The van der Waals surface area contributed by atoms with Gasteiger partial charge in [0, 0.05) is 17.0 Å². The van der Waals surface area contributed by atoms with Gasteiger partial charge in [-0.05, 0) is 22.9 Å². The lowest BCUT2D eigenvalue weighted by Crippen LogP contribution is -2.26. The van der Waals surface area contributed by atoms with Crippen LogP contribution in [0.5, 0.6) is 0 Å². The predicted molar refractivity (Wildman–Crippen MR) is 70.1 cm³/mol. The van der Waals surface area contributed by atoms with E-state index in [4.69, 9.17) is 4.74 Å². The molecule has 2 heteroatoms. The third-order valence-corrected chi connectivity index (χ3v) is 5.24. The lowest BCUT2D eigenvalue weighted by molar-refractivity contribution is 0.159. The smallest absolute Gasteiger partial charge is 0.155 e. The van der Waals surface area contributed by atoms with E-state index in [0.717, 1.165) is 13.2 Å². The van der Waals surface area contributed by atoms with Gasteiger partial charge >= 0.3 is 0 Å². The predicted octanol–water partition coefficient (Wildman–Crippen LogP) is 2.85. The Morgan fingerprint density at radius 3 is 2.44 bits per heavy atom. The van der Waals surface area contributed by atoms with Gasteiger partial charge in [0.05, 0.1) is 13.2 Å². The Labute approximate surface area is 98.8 Å². The molecule has 82 valence electrons. The van der Waals surface area contributed by atoms with Crippen LogP contribution in [-0.2, 0) is 15.6 Å². The van der Waals surface area contributed by atoms with E-state index >= 15 is 0 Å². The molecule has 1 fully saturated rings. The summed E-state index contributed by atoms with van der Waals surface area (Å²) in [6.45, 7) is 1.85. The van der Waals surface area contributed by atoms with Gasteiger partial charge in [-0.3, -0.25) is 0 Å². The van der Waals surface area contributed by atoms with Crippen LogP contribution >= 0.6 is 0 Å². The zero-order valence-electron chi connectivity index (χ0n) is 9.19. The van der Waals surface area contributed by atoms with Crippen LogP contribution in [0.15, 0.2) is 47.4 Å². The quantitative estimate of drug-likeness (QED) is 0.686. The van der Waals surface area contributed by atoms with Gasteiger partial charge in [-0.25, -0.2) is 0 Å². The highest BCUT2D eigenvalue weighted by Crippen LogP contribution is 2.22. The van der Waals surface area contributed by atoms with Crippen molar-refractivity contribution < 1.29 is 4.74 Å². The number of rotatable bonds is 1. The summed E-state index contributed by atoms with van der Waals surface area (Å²) in [5, 5.41) is 2.70. The van der Waals surface area contributed by atoms with Gasteiger partial charge in [0.1, 0.15) is 11.5 Å². The van der Waals surface area contributed by atoms with Crippen LogP contribution in [0, 0.1) is 0 Å². The highest BCUT2D eigenvalue weighted by Gasteiger charge is 2.25.